The van der Waals surface area contributed by atoms with Crippen molar-refractivity contribution in [1.29, 1.82) is 0 Å². The molecule has 3 atom stereocenters. The van der Waals surface area contributed by atoms with Crippen molar-refractivity contribution in [3.8, 4) is 5.75 Å². The highest BCUT2D eigenvalue weighted by Gasteiger charge is 2.43. The van der Waals surface area contributed by atoms with E-state index in [0.717, 1.165) is 54.9 Å². The standard InChI is InChI=1S/C25H28N4O5/c1-13-10-27-24(33-13)18-11-26-22(18)17-9-16-14(8-20(17)34-15-4-2-3-5-15)12-29(25(16)32)19-6-7-21(30)28-23(19)31/h8-10,15,18-19,22,26H,2-7,11-12H2,1H3,(H,28,30,31). The molecule has 3 amide bonds. The molecule has 0 spiro atoms. The molecule has 9 nitrogen and oxygen atoms in total. The van der Waals surface area contributed by atoms with Gasteiger partial charge in [-0.3, -0.25) is 19.7 Å². The number of hydrogen-bond donors (Lipinski definition) is 2. The van der Waals surface area contributed by atoms with Gasteiger partial charge in [0, 0.05) is 36.7 Å². The summed E-state index contributed by atoms with van der Waals surface area (Å²) in [6, 6.07) is 3.19. The van der Waals surface area contributed by atoms with Gasteiger partial charge >= 0.3 is 0 Å². The van der Waals surface area contributed by atoms with Gasteiger partial charge < -0.3 is 19.4 Å². The van der Waals surface area contributed by atoms with Crippen molar-refractivity contribution in [2.24, 2.45) is 0 Å². The monoisotopic (exact) mass is 464 g/mol. The molecule has 3 unspecified atom stereocenters. The van der Waals surface area contributed by atoms with Crippen LogP contribution in [-0.2, 0) is 16.1 Å². The van der Waals surface area contributed by atoms with E-state index in [9.17, 15) is 14.4 Å². The number of nitrogens with one attached hydrogen (secondary N) is 2. The van der Waals surface area contributed by atoms with Crippen LogP contribution in [0.3, 0.4) is 0 Å². The minimum absolute atomic E-state index is 0.0559. The number of oxazole rings is 1. The van der Waals surface area contributed by atoms with Crippen molar-refractivity contribution in [2.75, 3.05) is 6.54 Å². The van der Waals surface area contributed by atoms with Crippen LogP contribution in [0.2, 0.25) is 0 Å². The maximum atomic E-state index is 13.4. The van der Waals surface area contributed by atoms with Crippen molar-refractivity contribution in [1.82, 2.24) is 20.5 Å². The van der Waals surface area contributed by atoms with Gasteiger partial charge in [0.1, 0.15) is 17.6 Å². The molecule has 3 aliphatic heterocycles. The highest BCUT2D eigenvalue weighted by molar-refractivity contribution is 6.05. The fourth-order valence-electron chi connectivity index (χ4n) is 5.59. The van der Waals surface area contributed by atoms with Crippen LogP contribution in [0.5, 0.6) is 5.75 Å². The Bertz CT molecular complexity index is 1170. The van der Waals surface area contributed by atoms with E-state index >= 15 is 0 Å². The summed E-state index contributed by atoms with van der Waals surface area (Å²) >= 11 is 0. The van der Waals surface area contributed by atoms with E-state index in [-0.39, 0.29) is 36.3 Å². The van der Waals surface area contributed by atoms with E-state index < -0.39 is 11.9 Å². The SMILES string of the molecule is Cc1cnc(C2CNC2c2cc3c(cc2OC2CCCC2)CN(C2CCC(=O)NC2=O)C3=O)o1. The molecule has 3 fully saturated rings. The van der Waals surface area contributed by atoms with E-state index in [1.807, 2.05) is 19.1 Å². The summed E-state index contributed by atoms with van der Waals surface area (Å²) in [5, 5.41) is 5.83. The summed E-state index contributed by atoms with van der Waals surface area (Å²) in [5.41, 5.74) is 2.38. The molecule has 2 aromatic rings. The van der Waals surface area contributed by atoms with E-state index in [0.29, 0.717) is 24.4 Å². The Morgan fingerprint density at radius 1 is 1.15 bits per heavy atom. The molecular formula is C25H28N4O5. The lowest BCUT2D eigenvalue weighted by Gasteiger charge is -2.37. The minimum atomic E-state index is -0.634. The van der Waals surface area contributed by atoms with Crippen LogP contribution in [0.25, 0.3) is 0 Å². The Balaban J connectivity index is 1.33. The molecule has 0 bridgehead atoms. The maximum Gasteiger partial charge on any atom is 0.255 e. The lowest BCUT2D eigenvalue weighted by atomic mass is 9.84. The number of carbonyl (C=O) groups excluding carboxylic acids is 3. The number of rotatable bonds is 5. The van der Waals surface area contributed by atoms with E-state index in [1.54, 1.807) is 11.1 Å². The number of benzene rings is 1. The van der Waals surface area contributed by atoms with Crippen LogP contribution in [0.1, 0.15) is 83.6 Å². The first-order valence-electron chi connectivity index (χ1n) is 12.1. The van der Waals surface area contributed by atoms with Crippen LogP contribution in [0, 0.1) is 6.92 Å². The van der Waals surface area contributed by atoms with Crippen molar-refractivity contribution in [3.63, 3.8) is 0 Å². The molecule has 2 saturated heterocycles. The van der Waals surface area contributed by atoms with Crippen LogP contribution < -0.4 is 15.4 Å². The Kier molecular flexibility index (Phi) is 5.17. The summed E-state index contributed by atoms with van der Waals surface area (Å²) < 4.78 is 12.3. The third-order valence-corrected chi connectivity index (χ3v) is 7.50. The van der Waals surface area contributed by atoms with E-state index in [2.05, 4.69) is 15.6 Å². The third kappa shape index (κ3) is 3.58. The fraction of sp³-hybridized carbons (Fsp3) is 0.520. The Hall–Kier alpha value is -3.20. The fourth-order valence-corrected chi connectivity index (χ4v) is 5.59. The van der Waals surface area contributed by atoms with Gasteiger partial charge in [-0.25, -0.2) is 4.98 Å². The summed E-state index contributed by atoms with van der Waals surface area (Å²) in [6.45, 7) is 2.95. The number of hydrogen-bond acceptors (Lipinski definition) is 7. The zero-order chi connectivity index (χ0) is 23.4. The van der Waals surface area contributed by atoms with Crippen LogP contribution >= 0.6 is 0 Å². The number of nitrogens with zero attached hydrogens (tertiary/aromatic N) is 2. The van der Waals surface area contributed by atoms with Crippen LogP contribution in [0.4, 0.5) is 0 Å². The van der Waals surface area contributed by atoms with Crippen molar-refractivity contribution in [3.05, 3.63) is 46.7 Å². The molecular weight excluding hydrogens is 436 g/mol. The number of ether oxygens (including phenoxy) is 1. The molecule has 4 heterocycles. The highest BCUT2D eigenvalue weighted by Crippen LogP contribution is 2.44. The number of carbonyl (C=O) groups is 3. The number of piperidine rings is 1. The summed E-state index contributed by atoms with van der Waals surface area (Å²) in [4.78, 5) is 43.4. The van der Waals surface area contributed by atoms with Gasteiger partial charge in [0.15, 0.2) is 0 Å². The molecule has 0 radical (unpaired) electrons. The summed E-state index contributed by atoms with van der Waals surface area (Å²) in [6.07, 6.45) is 6.85. The average Bonchev–Trinajstić information content (AvgIpc) is 3.50. The molecule has 178 valence electrons. The summed E-state index contributed by atoms with van der Waals surface area (Å²) in [7, 11) is 0. The molecule has 1 aliphatic carbocycles. The second kappa shape index (κ2) is 8.23. The van der Waals surface area contributed by atoms with E-state index in [1.165, 1.54) is 0 Å². The number of aryl methyl sites for hydroxylation is 1. The lowest BCUT2D eigenvalue weighted by molar-refractivity contribution is -0.136. The lowest BCUT2D eigenvalue weighted by Crippen LogP contribution is -2.52. The van der Waals surface area contributed by atoms with Crippen molar-refractivity contribution in [2.45, 2.75) is 76.1 Å². The molecule has 4 aliphatic rings. The van der Waals surface area contributed by atoms with Gasteiger partial charge in [-0.2, -0.15) is 0 Å². The number of imide groups is 1. The van der Waals surface area contributed by atoms with Gasteiger partial charge in [0.2, 0.25) is 17.7 Å². The van der Waals surface area contributed by atoms with Crippen molar-refractivity contribution < 1.29 is 23.5 Å². The Labute approximate surface area is 197 Å². The first-order chi connectivity index (χ1) is 16.5. The van der Waals surface area contributed by atoms with Gasteiger partial charge in [0.25, 0.3) is 5.91 Å². The molecule has 1 saturated carbocycles. The topological polar surface area (TPSA) is 114 Å². The molecule has 1 aromatic heterocycles. The molecule has 6 rings (SSSR count). The maximum absolute atomic E-state index is 13.4. The van der Waals surface area contributed by atoms with Crippen LogP contribution in [0.15, 0.2) is 22.7 Å². The normalized spacial score (nSPS) is 27.0. The predicted octanol–water partition coefficient (Wildman–Crippen LogP) is 2.49. The smallest absolute Gasteiger partial charge is 0.255 e. The van der Waals surface area contributed by atoms with Gasteiger partial charge in [0.05, 0.1) is 18.2 Å². The van der Waals surface area contributed by atoms with Gasteiger partial charge in [-0.1, -0.05) is 0 Å². The number of fused-ring (bicyclic) bond motifs is 1. The zero-order valence-corrected chi connectivity index (χ0v) is 19.1. The molecule has 34 heavy (non-hydrogen) atoms. The predicted molar refractivity (Wildman–Crippen MR) is 120 cm³/mol. The second-order valence-corrected chi connectivity index (χ2v) is 9.77. The second-order valence-electron chi connectivity index (χ2n) is 9.77. The minimum Gasteiger partial charge on any atom is -0.490 e. The molecule has 9 heteroatoms. The van der Waals surface area contributed by atoms with E-state index in [4.69, 9.17) is 9.15 Å². The Morgan fingerprint density at radius 2 is 1.97 bits per heavy atom. The van der Waals surface area contributed by atoms with Gasteiger partial charge in [-0.15, -0.1) is 0 Å². The first-order valence-corrected chi connectivity index (χ1v) is 12.1. The molecule has 1 aromatic carbocycles. The largest absolute Gasteiger partial charge is 0.490 e. The number of aromatic nitrogens is 1. The third-order valence-electron chi connectivity index (χ3n) is 7.50. The first kappa shape index (κ1) is 21.3. The molecule has 2 N–H and O–H groups in total. The zero-order valence-electron chi connectivity index (χ0n) is 19.1. The highest BCUT2D eigenvalue weighted by atomic mass is 16.5. The van der Waals surface area contributed by atoms with Crippen molar-refractivity contribution >= 4 is 17.7 Å². The number of amides is 3. The quantitative estimate of drug-likeness (QED) is 0.654. The average molecular weight is 465 g/mol. The summed E-state index contributed by atoms with van der Waals surface area (Å²) in [5.74, 6) is 1.43. The van der Waals surface area contributed by atoms with Gasteiger partial charge in [-0.05, 0) is 56.7 Å². The van der Waals surface area contributed by atoms with Crippen LogP contribution in [-0.4, -0.2) is 46.3 Å². The Morgan fingerprint density at radius 3 is 2.65 bits per heavy atom.